The van der Waals surface area contributed by atoms with Crippen LogP contribution in [0.2, 0.25) is 0 Å². The second kappa shape index (κ2) is 5.38. The second-order valence-electron chi connectivity index (χ2n) is 5.79. The number of aryl methyl sites for hydroxylation is 1. The van der Waals surface area contributed by atoms with Crippen LogP contribution in [0.1, 0.15) is 45.3 Å². The fourth-order valence-corrected chi connectivity index (χ4v) is 4.01. The van der Waals surface area contributed by atoms with Crippen molar-refractivity contribution in [2.24, 2.45) is 0 Å². The topological polar surface area (TPSA) is 102 Å². The lowest BCUT2D eigenvalue weighted by Crippen LogP contribution is -2.31. The molecule has 0 saturated heterocycles. The van der Waals surface area contributed by atoms with Crippen molar-refractivity contribution in [1.82, 2.24) is 9.71 Å². The summed E-state index contributed by atoms with van der Waals surface area (Å²) < 4.78 is 31.9. The number of fused-ring (bicyclic) bond motifs is 1. The molecule has 1 aromatic heterocycles. The molecule has 0 bridgehead atoms. The van der Waals surface area contributed by atoms with Gasteiger partial charge in [0.25, 0.3) is 15.9 Å². The largest absolute Gasteiger partial charge is 0.451 e. The number of carbonyl (C=O) groups is 2. The molecule has 9 heteroatoms. The average Bonchev–Trinajstić information content (AvgIpc) is 3.01. The fourth-order valence-electron chi connectivity index (χ4n) is 2.43. The Morgan fingerprint density at radius 2 is 2.04 bits per heavy atom. The van der Waals surface area contributed by atoms with Crippen molar-refractivity contribution in [3.8, 4) is 0 Å². The SMILES string of the molecule is Cc1nc(C(=O)NS(=O)(=O)c2ccc3c(c2)C(=O)OC3(C)C)cs1. The van der Waals surface area contributed by atoms with Gasteiger partial charge in [0.1, 0.15) is 11.3 Å². The highest BCUT2D eigenvalue weighted by molar-refractivity contribution is 7.90. The molecule has 2 heterocycles. The zero-order chi connectivity index (χ0) is 17.7. The molecule has 24 heavy (non-hydrogen) atoms. The molecule has 0 saturated carbocycles. The number of nitrogens with one attached hydrogen (secondary N) is 1. The molecule has 126 valence electrons. The minimum Gasteiger partial charge on any atom is -0.451 e. The molecule has 0 fully saturated rings. The number of aromatic nitrogens is 1. The zero-order valence-electron chi connectivity index (χ0n) is 13.1. The summed E-state index contributed by atoms with van der Waals surface area (Å²) in [5.74, 6) is -1.41. The van der Waals surface area contributed by atoms with Crippen LogP contribution in [-0.2, 0) is 20.4 Å². The predicted molar refractivity (Wildman–Crippen MR) is 86.4 cm³/mol. The molecule has 7 nitrogen and oxygen atoms in total. The summed E-state index contributed by atoms with van der Waals surface area (Å²) in [4.78, 5) is 27.7. The highest BCUT2D eigenvalue weighted by atomic mass is 32.2. The lowest BCUT2D eigenvalue weighted by molar-refractivity contribution is 0.00953. The Hall–Kier alpha value is -2.26. The van der Waals surface area contributed by atoms with Crippen LogP contribution in [0.4, 0.5) is 0 Å². The van der Waals surface area contributed by atoms with E-state index in [1.807, 2.05) is 4.72 Å². The van der Waals surface area contributed by atoms with Crippen molar-refractivity contribution in [3.05, 3.63) is 45.4 Å². The third-order valence-corrected chi connectivity index (χ3v) is 5.70. The van der Waals surface area contributed by atoms with Crippen molar-refractivity contribution in [1.29, 1.82) is 0 Å². The van der Waals surface area contributed by atoms with Crippen LogP contribution in [0.25, 0.3) is 0 Å². The number of hydrogen-bond acceptors (Lipinski definition) is 7. The quantitative estimate of drug-likeness (QED) is 0.833. The monoisotopic (exact) mass is 366 g/mol. The van der Waals surface area contributed by atoms with E-state index in [1.165, 1.54) is 34.9 Å². The molecule has 1 amide bonds. The van der Waals surface area contributed by atoms with Gasteiger partial charge in [-0.1, -0.05) is 6.07 Å². The van der Waals surface area contributed by atoms with Gasteiger partial charge in [0.2, 0.25) is 0 Å². The van der Waals surface area contributed by atoms with Crippen molar-refractivity contribution >= 4 is 33.2 Å². The first-order valence-corrected chi connectivity index (χ1v) is 9.33. The highest BCUT2D eigenvalue weighted by Gasteiger charge is 2.38. The van der Waals surface area contributed by atoms with E-state index in [4.69, 9.17) is 4.74 Å². The van der Waals surface area contributed by atoms with Gasteiger partial charge in [-0.15, -0.1) is 11.3 Å². The van der Waals surface area contributed by atoms with Crippen LogP contribution >= 0.6 is 11.3 Å². The molecular weight excluding hydrogens is 352 g/mol. The number of nitrogens with zero attached hydrogens (tertiary/aromatic N) is 1. The smallest absolute Gasteiger partial charge is 0.339 e. The minimum absolute atomic E-state index is 0.0304. The standard InChI is InChI=1S/C15H14N2O5S2/c1-8-16-12(7-23-8)13(18)17-24(20,21)9-4-5-11-10(6-9)14(19)22-15(11,2)3/h4-7H,1-3H3,(H,17,18). The minimum atomic E-state index is -4.12. The average molecular weight is 366 g/mol. The Balaban J connectivity index is 1.93. The maximum atomic E-state index is 12.4. The maximum absolute atomic E-state index is 12.4. The molecule has 1 aromatic carbocycles. The van der Waals surface area contributed by atoms with E-state index in [1.54, 1.807) is 20.8 Å². The van der Waals surface area contributed by atoms with Crippen LogP contribution in [0.5, 0.6) is 0 Å². The molecule has 1 N–H and O–H groups in total. The third kappa shape index (κ3) is 2.80. The molecule has 0 unspecified atom stereocenters. The third-order valence-electron chi connectivity index (χ3n) is 3.60. The number of sulfonamides is 1. The lowest BCUT2D eigenvalue weighted by Gasteiger charge is -2.17. The first kappa shape index (κ1) is 16.6. The summed E-state index contributed by atoms with van der Waals surface area (Å²) in [6.45, 7) is 5.15. The summed E-state index contributed by atoms with van der Waals surface area (Å²) in [7, 11) is -4.12. The maximum Gasteiger partial charge on any atom is 0.339 e. The van der Waals surface area contributed by atoms with Gasteiger partial charge < -0.3 is 4.74 Å². The molecule has 1 aliphatic heterocycles. The number of benzene rings is 1. The molecule has 1 aliphatic rings. The Labute approximate surface area is 142 Å². The number of carbonyl (C=O) groups excluding carboxylic acids is 2. The van der Waals surface area contributed by atoms with Crippen molar-refractivity contribution in [3.63, 3.8) is 0 Å². The van der Waals surface area contributed by atoms with Gasteiger partial charge in [0, 0.05) is 10.9 Å². The Morgan fingerprint density at radius 3 is 2.67 bits per heavy atom. The predicted octanol–water partition coefficient (Wildman–Crippen LogP) is 1.98. The summed E-state index contributed by atoms with van der Waals surface area (Å²) in [6, 6.07) is 4.07. The molecule has 0 spiro atoms. The Morgan fingerprint density at radius 1 is 1.33 bits per heavy atom. The second-order valence-corrected chi connectivity index (χ2v) is 8.54. The van der Waals surface area contributed by atoms with E-state index in [-0.39, 0.29) is 16.2 Å². The normalized spacial score (nSPS) is 15.7. The summed E-state index contributed by atoms with van der Waals surface area (Å²) >= 11 is 1.24. The van der Waals surface area contributed by atoms with E-state index >= 15 is 0 Å². The van der Waals surface area contributed by atoms with E-state index in [0.29, 0.717) is 10.6 Å². The van der Waals surface area contributed by atoms with E-state index in [0.717, 1.165) is 0 Å². The number of esters is 1. The molecule has 0 aliphatic carbocycles. The van der Waals surface area contributed by atoms with E-state index in [9.17, 15) is 18.0 Å². The summed E-state index contributed by atoms with van der Waals surface area (Å²) in [6.07, 6.45) is 0. The summed E-state index contributed by atoms with van der Waals surface area (Å²) in [5.41, 5.74) is 0.00584. The fraction of sp³-hybridized carbons (Fsp3) is 0.267. The molecular formula is C15H14N2O5S2. The number of hydrogen-bond donors (Lipinski definition) is 1. The first-order chi connectivity index (χ1) is 11.1. The van der Waals surface area contributed by atoms with Crippen LogP contribution in [0.15, 0.2) is 28.5 Å². The van der Waals surface area contributed by atoms with Crippen molar-refractivity contribution in [2.75, 3.05) is 0 Å². The van der Waals surface area contributed by atoms with Gasteiger partial charge in [-0.3, -0.25) is 4.79 Å². The molecule has 0 radical (unpaired) electrons. The van der Waals surface area contributed by atoms with Crippen LogP contribution in [-0.4, -0.2) is 25.3 Å². The molecule has 0 atom stereocenters. The van der Waals surface area contributed by atoms with Gasteiger partial charge in [0.15, 0.2) is 0 Å². The van der Waals surface area contributed by atoms with Gasteiger partial charge in [-0.05, 0) is 32.9 Å². The van der Waals surface area contributed by atoms with Crippen molar-refractivity contribution in [2.45, 2.75) is 31.3 Å². The lowest BCUT2D eigenvalue weighted by atomic mass is 9.96. The van der Waals surface area contributed by atoms with Crippen LogP contribution in [0.3, 0.4) is 0 Å². The van der Waals surface area contributed by atoms with E-state index in [2.05, 4.69) is 4.98 Å². The number of thiazole rings is 1. The van der Waals surface area contributed by atoms with Gasteiger partial charge in [0.05, 0.1) is 15.5 Å². The zero-order valence-corrected chi connectivity index (χ0v) is 14.7. The number of amides is 1. The number of ether oxygens (including phenoxy) is 1. The van der Waals surface area contributed by atoms with Gasteiger partial charge in [-0.25, -0.2) is 22.9 Å². The highest BCUT2D eigenvalue weighted by Crippen LogP contribution is 2.36. The Bertz CT molecular complexity index is 960. The first-order valence-electron chi connectivity index (χ1n) is 6.97. The van der Waals surface area contributed by atoms with Gasteiger partial charge >= 0.3 is 5.97 Å². The van der Waals surface area contributed by atoms with Crippen LogP contribution in [0, 0.1) is 6.92 Å². The number of rotatable bonds is 3. The number of cyclic esters (lactones) is 1. The summed E-state index contributed by atoms with van der Waals surface area (Å²) in [5, 5.41) is 2.13. The van der Waals surface area contributed by atoms with Gasteiger partial charge in [-0.2, -0.15) is 0 Å². The molecule has 2 aromatic rings. The van der Waals surface area contributed by atoms with Crippen molar-refractivity contribution < 1.29 is 22.7 Å². The van der Waals surface area contributed by atoms with E-state index < -0.39 is 27.5 Å². The molecule has 3 rings (SSSR count). The Kier molecular flexibility index (Phi) is 3.72. The van der Waals surface area contributed by atoms with Crippen LogP contribution < -0.4 is 4.72 Å².